The van der Waals surface area contributed by atoms with Crippen molar-refractivity contribution in [1.29, 1.82) is 0 Å². The smallest absolute Gasteiger partial charge is 0.280 e. The zero-order valence-electron chi connectivity index (χ0n) is 15.8. The average molecular weight is 386 g/mol. The molecular formula is C20H23FN4O3. The molecule has 1 aliphatic rings. The number of halogens is 1. The van der Waals surface area contributed by atoms with Crippen LogP contribution in [-0.2, 0) is 11.3 Å². The first kappa shape index (κ1) is 18.6. The predicted molar refractivity (Wildman–Crippen MR) is 105 cm³/mol. The summed E-state index contributed by atoms with van der Waals surface area (Å²) in [5.41, 5.74) is 1.27. The minimum Gasteiger partial charge on any atom is -0.379 e. The van der Waals surface area contributed by atoms with Crippen molar-refractivity contribution in [3.05, 3.63) is 62.6 Å². The van der Waals surface area contributed by atoms with E-state index in [1.807, 2.05) is 0 Å². The van der Waals surface area contributed by atoms with Gasteiger partial charge in [-0.2, -0.15) is 0 Å². The van der Waals surface area contributed by atoms with Crippen molar-refractivity contribution < 1.29 is 9.13 Å². The third kappa shape index (κ3) is 3.53. The van der Waals surface area contributed by atoms with Gasteiger partial charge < -0.3 is 9.30 Å². The number of hydrogen-bond donors (Lipinski definition) is 1. The first-order chi connectivity index (χ1) is 13.5. The normalized spacial score (nSPS) is 15.4. The number of rotatable bonds is 5. The van der Waals surface area contributed by atoms with E-state index >= 15 is 0 Å². The molecule has 0 spiro atoms. The van der Waals surface area contributed by atoms with Crippen molar-refractivity contribution in [2.75, 3.05) is 32.8 Å². The van der Waals surface area contributed by atoms with Gasteiger partial charge in [0.05, 0.1) is 29.8 Å². The minimum atomic E-state index is -0.371. The van der Waals surface area contributed by atoms with Gasteiger partial charge in [0.2, 0.25) is 0 Å². The van der Waals surface area contributed by atoms with Crippen LogP contribution in [0.25, 0.3) is 16.6 Å². The zero-order valence-corrected chi connectivity index (χ0v) is 15.8. The van der Waals surface area contributed by atoms with Crippen LogP contribution >= 0.6 is 0 Å². The van der Waals surface area contributed by atoms with E-state index in [4.69, 9.17) is 4.74 Å². The van der Waals surface area contributed by atoms with Gasteiger partial charge in [0.25, 0.3) is 11.1 Å². The molecule has 28 heavy (non-hydrogen) atoms. The molecule has 0 unspecified atom stereocenters. The maximum absolute atomic E-state index is 13.2. The Morgan fingerprint density at radius 2 is 1.82 bits per heavy atom. The Kier molecular flexibility index (Phi) is 5.15. The van der Waals surface area contributed by atoms with Crippen LogP contribution in [0.2, 0.25) is 0 Å². The van der Waals surface area contributed by atoms with E-state index < -0.39 is 0 Å². The van der Waals surface area contributed by atoms with Crippen molar-refractivity contribution in [2.24, 2.45) is 0 Å². The molecule has 0 radical (unpaired) electrons. The quantitative estimate of drug-likeness (QED) is 0.724. The SMILES string of the molecule is Cc1c2c(=O)n(-c3ccc(F)cc3)[nH]c2cc(=O)n1CCCN1CCOCC1. The van der Waals surface area contributed by atoms with Gasteiger partial charge in [-0.15, -0.1) is 0 Å². The molecule has 1 aliphatic heterocycles. The Bertz CT molecular complexity index is 1090. The summed E-state index contributed by atoms with van der Waals surface area (Å²) in [6, 6.07) is 7.10. The average Bonchev–Trinajstić information content (AvgIpc) is 3.02. The summed E-state index contributed by atoms with van der Waals surface area (Å²) < 4.78 is 21.5. The molecule has 0 amide bonds. The third-order valence-corrected chi connectivity index (χ3v) is 5.26. The van der Waals surface area contributed by atoms with Crippen molar-refractivity contribution in [1.82, 2.24) is 19.2 Å². The monoisotopic (exact) mass is 386 g/mol. The number of aromatic nitrogens is 3. The molecule has 8 heteroatoms. The Morgan fingerprint density at radius 3 is 2.54 bits per heavy atom. The Labute approximate surface area is 160 Å². The summed E-state index contributed by atoms with van der Waals surface area (Å²) in [6.07, 6.45) is 0.822. The lowest BCUT2D eigenvalue weighted by atomic mass is 10.2. The van der Waals surface area contributed by atoms with Crippen molar-refractivity contribution in [2.45, 2.75) is 19.9 Å². The number of nitrogens with one attached hydrogen (secondary N) is 1. The van der Waals surface area contributed by atoms with E-state index in [2.05, 4.69) is 10.00 Å². The summed E-state index contributed by atoms with van der Waals surface area (Å²) >= 11 is 0. The molecule has 0 atom stereocenters. The van der Waals surface area contributed by atoms with E-state index in [0.29, 0.717) is 28.8 Å². The molecule has 0 saturated carbocycles. The van der Waals surface area contributed by atoms with Gasteiger partial charge in [-0.25, -0.2) is 9.07 Å². The molecule has 1 fully saturated rings. The lowest BCUT2D eigenvalue weighted by Crippen LogP contribution is -2.37. The van der Waals surface area contributed by atoms with Gasteiger partial charge in [-0.05, 0) is 37.6 Å². The zero-order chi connectivity index (χ0) is 19.7. The molecule has 1 aromatic carbocycles. The number of fused-ring (bicyclic) bond motifs is 1. The number of ether oxygens (including phenoxy) is 1. The summed E-state index contributed by atoms with van der Waals surface area (Å²) in [7, 11) is 0. The standard InChI is InChI=1S/C20H23FN4O3/c1-14-19-17(22-25(20(19)27)16-5-3-15(21)4-6-16)13-18(26)24(14)8-2-7-23-9-11-28-12-10-23/h3-6,13,22H,2,7-12H2,1H3. The van der Waals surface area contributed by atoms with Crippen molar-refractivity contribution in [3.63, 3.8) is 0 Å². The molecule has 3 aromatic rings. The van der Waals surface area contributed by atoms with E-state index in [-0.39, 0.29) is 16.9 Å². The van der Waals surface area contributed by atoms with Crippen LogP contribution in [0.15, 0.2) is 39.9 Å². The highest BCUT2D eigenvalue weighted by Crippen LogP contribution is 2.14. The number of pyridine rings is 1. The van der Waals surface area contributed by atoms with E-state index in [1.165, 1.54) is 35.0 Å². The van der Waals surface area contributed by atoms with Crippen LogP contribution in [0, 0.1) is 12.7 Å². The molecule has 4 rings (SSSR count). The summed E-state index contributed by atoms with van der Waals surface area (Å²) in [6.45, 7) is 6.55. The largest absolute Gasteiger partial charge is 0.379 e. The van der Waals surface area contributed by atoms with Gasteiger partial charge in [-0.3, -0.25) is 19.6 Å². The van der Waals surface area contributed by atoms with E-state index in [9.17, 15) is 14.0 Å². The first-order valence-corrected chi connectivity index (χ1v) is 9.46. The second-order valence-corrected chi connectivity index (χ2v) is 7.04. The second kappa shape index (κ2) is 7.73. The fraction of sp³-hybridized carbons (Fsp3) is 0.400. The van der Waals surface area contributed by atoms with E-state index in [0.717, 1.165) is 39.3 Å². The second-order valence-electron chi connectivity index (χ2n) is 7.04. The minimum absolute atomic E-state index is 0.139. The van der Waals surface area contributed by atoms with Crippen LogP contribution in [-0.4, -0.2) is 52.1 Å². The lowest BCUT2D eigenvalue weighted by molar-refractivity contribution is 0.0369. The van der Waals surface area contributed by atoms with Crippen molar-refractivity contribution >= 4 is 10.9 Å². The van der Waals surface area contributed by atoms with Crippen LogP contribution in [0.1, 0.15) is 12.1 Å². The Hall–Kier alpha value is -2.71. The highest BCUT2D eigenvalue weighted by Gasteiger charge is 2.16. The number of hydrogen-bond acceptors (Lipinski definition) is 4. The molecule has 0 bridgehead atoms. The summed E-state index contributed by atoms with van der Waals surface area (Å²) in [4.78, 5) is 27.8. The third-order valence-electron chi connectivity index (χ3n) is 5.26. The summed E-state index contributed by atoms with van der Waals surface area (Å²) in [5.74, 6) is -0.371. The first-order valence-electron chi connectivity index (χ1n) is 9.46. The maximum atomic E-state index is 13.2. The van der Waals surface area contributed by atoms with Crippen molar-refractivity contribution in [3.8, 4) is 5.69 Å². The van der Waals surface area contributed by atoms with Crippen LogP contribution < -0.4 is 11.1 Å². The topological polar surface area (TPSA) is 72.3 Å². The van der Waals surface area contributed by atoms with Crippen LogP contribution in [0.3, 0.4) is 0 Å². The number of morpholine rings is 1. The van der Waals surface area contributed by atoms with Gasteiger partial charge in [0, 0.05) is 37.9 Å². The molecule has 2 aromatic heterocycles. The number of nitrogens with zero attached hydrogens (tertiary/aromatic N) is 3. The van der Waals surface area contributed by atoms with Gasteiger partial charge in [-0.1, -0.05) is 0 Å². The van der Waals surface area contributed by atoms with Crippen LogP contribution in [0.4, 0.5) is 4.39 Å². The summed E-state index contributed by atoms with van der Waals surface area (Å²) in [5, 5.41) is 3.44. The molecule has 1 saturated heterocycles. The van der Waals surface area contributed by atoms with Gasteiger partial charge >= 0.3 is 0 Å². The fourth-order valence-electron chi connectivity index (χ4n) is 3.74. The number of benzene rings is 1. The predicted octanol–water partition coefficient (Wildman–Crippen LogP) is 1.65. The Morgan fingerprint density at radius 1 is 1.11 bits per heavy atom. The van der Waals surface area contributed by atoms with Crippen LogP contribution in [0.5, 0.6) is 0 Å². The van der Waals surface area contributed by atoms with Gasteiger partial charge in [0.1, 0.15) is 5.82 Å². The highest BCUT2D eigenvalue weighted by molar-refractivity contribution is 5.80. The molecule has 0 aliphatic carbocycles. The number of H-pyrrole nitrogens is 1. The molecular weight excluding hydrogens is 363 g/mol. The fourth-order valence-corrected chi connectivity index (χ4v) is 3.74. The highest BCUT2D eigenvalue weighted by atomic mass is 19.1. The lowest BCUT2D eigenvalue weighted by Gasteiger charge is -2.26. The molecule has 3 heterocycles. The number of aryl methyl sites for hydroxylation is 1. The number of aromatic amines is 1. The van der Waals surface area contributed by atoms with E-state index in [1.54, 1.807) is 11.5 Å². The molecule has 7 nitrogen and oxygen atoms in total. The maximum Gasteiger partial charge on any atom is 0.280 e. The Balaban J connectivity index is 1.63. The molecule has 148 valence electrons. The van der Waals surface area contributed by atoms with Gasteiger partial charge in [0.15, 0.2) is 0 Å². The molecule has 1 N–H and O–H groups in total.